The number of hydrogen-bond donors (Lipinski definition) is 2. The van der Waals surface area contributed by atoms with Gasteiger partial charge in [-0.15, -0.1) is 24.0 Å². The Balaban J connectivity index is 0.00000225. The number of aromatic nitrogens is 3. The van der Waals surface area contributed by atoms with Crippen LogP contribution >= 0.6 is 24.0 Å². The number of hydrogen-bond acceptors (Lipinski definition) is 3. The van der Waals surface area contributed by atoms with Crippen LogP contribution in [0.4, 0.5) is 0 Å². The molecule has 1 aromatic heterocycles. The Morgan fingerprint density at radius 1 is 1.24 bits per heavy atom. The van der Waals surface area contributed by atoms with Gasteiger partial charge in [-0.25, -0.2) is 9.98 Å². The maximum atomic E-state index is 4.63. The maximum absolute atomic E-state index is 4.63. The summed E-state index contributed by atoms with van der Waals surface area (Å²) in [5.74, 6) is 1.71. The number of aliphatic imine (C=N–C) groups is 1. The maximum Gasteiger partial charge on any atom is 0.191 e. The van der Waals surface area contributed by atoms with Crippen LogP contribution in [0.5, 0.6) is 0 Å². The van der Waals surface area contributed by atoms with E-state index in [0.717, 1.165) is 31.3 Å². The van der Waals surface area contributed by atoms with Crippen LogP contribution in [-0.4, -0.2) is 33.8 Å². The van der Waals surface area contributed by atoms with Crippen molar-refractivity contribution in [1.29, 1.82) is 0 Å². The van der Waals surface area contributed by atoms with Crippen LogP contribution in [0.2, 0.25) is 0 Å². The normalized spacial score (nSPS) is 15.4. The summed E-state index contributed by atoms with van der Waals surface area (Å²) in [4.78, 5) is 8.84. The molecule has 2 aromatic rings. The van der Waals surface area contributed by atoms with Crippen LogP contribution in [-0.2, 0) is 20.0 Å². The summed E-state index contributed by atoms with van der Waals surface area (Å²) in [6, 6.07) is 10.7. The highest BCUT2D eigenvalue weighted by molar-refractivity contribution is 14.0. The molecule has 1 heterocycles. The first-order valence-corrected chi connectivity index (χ1v) is 8.60. The molecule has 2 N–H and O–H groups in total. The summed E-state index contributed by atoms with van der Waals surface area (Å²) in [5, 5.41) is 10.9. The summed E-state index contributed by atoms with van der Waals surface area (Å²) in [6.07, 6.45) is 5.24. The topological polar surface area (TPSA) is 67.1 Å². The predicted octanol–water partition coefficient (Wildman–Crippen LogP) is 2.51. The molecule has 1 aliphatic carbocycles. The summed E-state index contributed by atoms with van der Waals surface area (Å²) < 4.78 is 1.75. The molecular weight excluding hydrogens is 427 g/mol. The van der Waals surface area contributed by atoms with Crippen molar-refractivity contribution < 1.29 is 0 Å². The molecule has 6 nitrogen and oxygen atoms in total. The second-order valence-corrected chi connectivity index (χ2v) is 6.51. The van der Waals surface area contributed by atoms with E-state index in [4.69, 9.17) is 0 Å². The van der Waals surface area contributed by atoms with Gasteiger partial charge in [0.15, 0.2) is 5.96 Å². The van der Waals surface area contributed by atoms with E-state index in [9.17, 15) is 0 Å². The molecule has 0 spiro atoms. The van der Waals surface area contributed by atoms with Gasteiger partial charge in [0.05, 0.1) is 0 Å². The highest BCUT2D eigenvalue weighted by Gasteiger charge is 2.42. The third kappa shape index (κ3) is 5.69. The Morgan fingerprint density at radius 3 is 2.60 bits per heavy atom. The van der Waals surface area contributed by atoms with Gasteiger partial charge in [0.2, 0.25) is 0 Å². The van der Waals surface area contributed by atoms with Crippen LogP contribution < -0.4 is 10.6 Å². The third-order valence-corrected chi connectivity index (χ3v) is 4.54. The lowest BCUT2D eigenvalue weighted by atomic mass is 9.96. The molecule has 0 unspecified atom stereocenters. The first-order chi connectivity index (χ1) is 11.7. The zero-order chi connectivity index (χ0) is 16.8. The zero-order valence-corrected chi connectivity index (χ0v) is 17.2. The SMILES string of the molecule is CCNC(=NCc1ncnn1C)NCC1(Cc2ccccc2)CC1.I. The lowest BCUT2D eigenvalue weighted by Crippen LogP contribution is -2.40. The lowest BCUT2D eigenvalue weighted by molar-refractivity contribution is 0.492. The van der Waals surface area contributed by atoms with Crippen molar-refractivity contribution in [1.82, 2.24) is 25.4 Å². The Labute approximate surface area is 166 Å². The average molecular weight is 454 g/mol. The number of aryl methyl sites for hydroxylation is 1. The van der Waals surface area contributed by atoms with E-state index >= 15 is 0 Å². The van der Waals surface area contributed by atoms with Crippen molar-refractivity contribution in [3.63, 3.8) is 0 Å². The van der Waals surface area contributed by atoms with Crippen molar-refractivity contribution in [2.45, 2.75) is 32.7 Å². The fourth-order valence-electron chi connectivity index (χ4n) is 2.85. The number of rotatable bonds is 7. The second kappa shape index (κ2) is 9.17. The van der Waals surface area contributed by atoms with Crippen LogP contribution in [0.3, 0.4) is 0 Å². The van der Waals surface area contributed by atoms with Crippen LogP contribution in [0, 0.1) is 5.41 Å². The minimum absolute atomic E-state index is 0. The van der Waals surface area contributed by atoms with Gasteiger partial charge in [-0.3, -0.25) is 4.68 Å². The van der Waals surface area contributed by atoms with Gasteiger partial charge in [0.25, 0.3) is 0 Å². The van der Waals surface area contributed by atoms with Crippen LogP contribution in [0.1, 0.15) is 31.2 Å². The quantitative estimate of drug-likeness (QED) is 0.384. The Morgan fingerprint density at radius 2 is 2.00 bits per heavy atom. The molecule has 0 atom stereocenters. The predicted molar refractivity (Wildman–Crippen MR) is 111 cm³/mol. The van der Waals surface area contributed by atoms with E-state index in [-0.39, 0.29) is 24.0 Å². The molecule has 136 valence electrons. The highest BCUT2D eigenvalue weighted by atomic mass is 127. The fourth-order valence-corrected chi connectivity index (χ4v) is 2.85. The third-order valence-electron chi connectivity index (χ3n) is 4.54. The highest BCUT2D eigenvalue weighted by Crippen LogP contribution is 2.47. The van der Waals surface area contributed by atoms with E-state index < -0.39 is 0 Å². The van der Waals surface area contributed by atoms with Crippen molar-refractivity contribution >= 4 is 29.9 Å². The standard InChI is InChI=1S/C18H26N6.HI/c1-3-19-17(20-12-16-22-14-23-24(16)2)21-13-18(9-10-18)11-15-7-5-4-6-8-15;/h4-8,14H,3,9-13H2,1-2H3,(H2,19,20,21);1H. The van der Waals surface area contributed by atoms with E-state index in [1.54, 1.807) is 11.0 Å². The minimum Gasteiger partial charge on any atom is -0.357 e. The van der Waals surface area contributed by atoms with Gasteiger partial charge >= 0.3 is 0 Å². The molecule has 25 heavy (non-hydrogen) atoms. The van der Waals surface area contributed by atoms with E-state index in [0.29, 0.717) is 12.0 Å². The van der Waals surface area contributed by atoms with Crippen LogP contribution in [0.25, 0.3) is 0 Å². The minimum atomic E-state index is 0. The molecule has 1 aliphatic rings. The molecule has 0 amide bonds. The molecule has 0 saturated heterocycles. The zero-order valence-electron chi connectivity index (χ0n) is 14.9. The lowest BCUT2D eigenvalue weighted by Gasteiger charge is -2.18. The van der Waals surface area contributed by atoms with E-state index in [1.807, 2.05) is 7.05 Å². The van der Waals surface area contributed by atoms with Crippen molar-refractivity contribution in [2.24, 2.45) is 17.5 Å². The second-order valence-electron chi connectivity index (χ2n) is 6.51. The first-order valence-electron chi connectivity index (χ1n) is 8.60. The Kier molecular flexibility index (Phi) is 7.22. The molecule has 3 rings (SSSR count). The van der Waals surface area contributed by atoms with Gasteiger partial charge in [0, 0.05) is 20.1 Å². The first kappa shape index (κ1) is 19.7. The molecule has 7 heteroatoms. The number of guanidine groups is 1. The van der Waals surface area contributed by atoms with Crippen molar-refractivity contribution in [2.75, 3.05) is 13.1 Å². The van der Waals surface area contributed by atoms with Crippen molar-refractivity contribution in [3.05, 3.63) is 48.0 Å². The summed E-state index contributed by atoms with van der Waals surface area (Å²) >= 11 is 0. The molecule has 1 aromatic carbocycles. The molecule has 0 radical (unpaired) electrons. The molecular formula is C18H27IN6. The number of nitrogens with zero attached hydrogens (tertiary/aromatic N) is 4. The van der Waals surface area contributed by atoms with E-state index in [2.05, 4.69) is 63.0 Å². The largest absolute Gasteiger partial charge is 0.357 e. The molecule has 0 bridgehead atoms. The Bertz CT molecular complexity index is 678. The average Bonchev–Trinajstić information content (AvgIpc) is 3.23. The number of halogens is 1. The van der Waals surface area contributed by atoms with Gasteiger partial charge in [-0.1, -0.05) is 30.3 Å². The number of benzene rings is 1. The fraction of sp³-hybridized carbons (Fsp3) is 0.500. The van der Waals surface area contributed by atoms with Gasteiger partial charge < -0.3 is 10.6 Å². The monoisotopic (exact) mass is 454 g/mol. The van der Waals surface area contributed by atoms with Gasteiger partial charge in [-0.2, -0.15) is 5.10 Å². The van der Waals surface area contributed by atoms with Gasteiger partial charge in [0.1, 0.15) is 18.7 Å². The Hall–Kier alpha value is -1.64. The smallest absolute Gasteiger partial charge is 0.191 e. The van der Waals surface area contributed by atoms with Crippen molar-refractivity contribution in [3.8, 4) is 0 Å². The summed E-state index contributed by atoms with van der Waals surface area (Å²) in [5.41, 5.74) is 1.79. The van der Waals surface area contributed by atoms with Gasteiger partial charge in [-0.05, 0) is 37.2 Å². The summed E-state index contributed by atoms with van der Waals surface area (Å²) in [6.45, 7) is 4.40. The molecule has 1 saturated carbocycles. The van der Waals surface area contributed by atoms with Crippen LogP contribution in [0.15, 0.2) is 41.7 Å². The molecule has 0 aliphatic heterocycles. The number of nitrogens with one attached hydrogen (secondary N) is 2. The molecule has 1 fully saturated rings. The summed E-state index contributed by atoms with van der Waals surface area (Å²) in [7, 11) is 1.89. The van der Waals surface area contributed by atoms with E-state index in [1.165, 1.54) is 18.4 Å².